The van der Waals surface area contributed by atoms with Crippen molar-refractivity contribution in [1.82, 2.24) is 0 Å². The molecule has 0 saturated carbocycles. The molecule has 0 saturated heterocycles. The van der Waals surface area contributed by atoms with Gasteiger partial charge in [-0.25, -0.2) is 0 Å². The van der Waals surface area contributed by atoms with Crippen molar-refractivity contribution in [3.05, 3.63) is 24.3 Å². The van der Waals surface area contributed by atoms with Crippen LogP contribution in [0, 0.1) is 0 Å². The van der Waals surface area contributed by atoms with Crippen molar-refractivity contribution < 1.29 is 55.8 Å². The average molecular weight is 223 g/mol. The molecule has 0 aromatic heterocycles. The minimum absolute atomic E-state index is 0. The largest absolute Gasteiger partial charge is 1.00 e. The van der Waals surface area contributed by atoms with Crippen molar-refractivity contribution in [1.29, 1.82) is 0 Å². The first-order valence-electron chi connectivity index (χ1n) is 1.82. The van der Waals surface area contributed by atoms with E-state index < -0.39 is 0 Å². The van der Waals surface area contributed by atoms with E-state index in [1.807, 2.05) is 0 Å². The molecule has 55 valence electrons. The molecular weight excluding hydrogens is 217 g/mol. The van der Waals surface area contributed by atoms with Crippen LogP contribution in [0.3, 0.4) is 0 Å². The second-order valence-electron chi connectivity index (χ2n) is 1.09. The third-order valence-corrected chi connectivity index (χ3v) is 0.655. The van der Waals surface area contributed by atoms with Gasteiger partial charge in [0.1, 0.15) is 0 Å². The summed E-state index contributed by atoms with van der Waals surface area (Å²) in [5, 5.41) is 0. The maximum atomic E-state index is 2.12. The topological polar surface area (TPSA) is 0 Å². The molecule has 1 rings (SSSR count). The van der Waals surface area contributed by atoms with E-state index in [9.17, 15) is 0 Å². The fraction of sp³-hybridized carbons (Fsp3) is 0.200. The number of allylic oxidation sites excluding steroid dienone is 4. The first-order valence-corrected chi connectivity index (χ1v) is 1.82. The molecule has 0 nitrogen and oxygen atoms in total. The van der Waals surface area contributed by atoms with Gasteiger partial charge in [-0.05, 0) is 6.42 Å². The molecule has 0 N–H and O–H groups in total. The van der Waals surface area contributed by atoms with Crippen LogP contribution in [0.5, 0.6) is 0 Å². The summed E-state index contributed by atoms with van der Waals surface area (Å²) in [4.78, 5) is 0. The monoisotopic (exact) mass is 222 g/mol. The van der Waals surface area contributed by atoms with Crippen LogP contribution in [0.1, 0.15) is 6.42 Å². The van der Waals surface area contributed by atoms with Crippen LogP contribution >= 0.6 is 0 Å². The van der Waals surface area contributed by atoms with E-state index in [2.05, 4.69) is 24.3 Å². The Kier molecular flexibility index (Phi) is 40.0. The second kappa shape index (κ2) is 16.0. The first kappa shape index (κ1) is 22.5. The molecule has 0 aromatic carbocycles. The quantitative estimate of drug-likeness (QED) is 0.383. The minimum atomic E-state index is 0. The van der Waals surface area contributed by atoms with E-state index in [-0.39, 0.29) is 55.8 Å². The molecule has 1 aliphatic rings. The Morgan fingerprint density at radius 1 is 0.778 bits per heavy atom. The van der Waals surface area contributed by atoms with E-state index in [4.69, 9.17) is 0 Å². The Balaban J connectivity index is -0.0000000312. The zero-order valence-corrected chi connectivity index (χ0v) is 8.26. The van der Waals surface area contributed by atoms with Crippen LogP contribution in [0.25, 0.3) is 0 Å². The summed E-state index contributed by atoms with van der Waals surface area (Å²) >= 11 is 0. The predicted octanol–water partition coefficient (Wildman–Crippen LogP) is -7.49. The molecule has 0 bridgehead atoms. The van der Waals surface area contributed by atoms with E-state index in [0.717, 1.165) is 6.42 Å². The van der Waals surface area contributed by atoms with Crippen molar-refractivity contribution in [2.45, 2.75) is 6.42 Å². The summed E-state index contributed by atoms with van der Waals surface area (Å²) in [5.74, 6) is 0. The smallest absolute Gasteiger partial charge is 0 e. The Morgan fingerprint density at radius 3 is 1.22 bits per heavy atom. The van der Waals surface area contributed by atoms with Gasteiger partial charge in [0.25, 0.3) is 0 Å². The zero-order chi connectivity index (χ0) is 3.54. The summed E-state index contributed by atoms with van der Waals surface area (Å²) in [7, 11) is 0. The normalized spacial score (nSPS) is 9.78. The zero-order valence-electron chi connectivity index (χ0n) is 4.60. The molecule has 1 radical (unpaired) electrons. The number of hydrogen-bond donors (Lipinski definition) is 0. The van der Waals surface area contributed by atoms with Gasteiger partial charge >= 0.3 is 0 Å². The van der Waals surface area contributed by atoms with Crippen molar-refractivity contribution >= 4 is 0 Å². The van der Waals surface area contributed by atoms with Gasteiger partial charge in [-0.15, -0.1) is 0 Å². The standard InChI is InChI=1S/C5H6.3ClH.V/c1-2-4-5-3-1;;;;/h1-4H,5H2;3*1H;/p-3. The maximum absolute atomic E-state index is 2.12. The van der Waals surface area contributed by atoms with Gasteiger partial charge < -0.3 is 37.2 Å². The van der Waals surface area contributed by atoms with E-state index >= 15 is 0 Å². The van der Waals surface area contributed by atoms with E-state index in [1.54, 1.807) is 0 Å². The summed E-state index contributed by atoms with van der Waals surface area (Å²) in [6, 6.07) is 0. The number of hydrogen-bond acceptors (Lipinski definition) is 0. The molecule has 0 atom stereocenters. The Morgan fingerprint density at radius 2 is 1.11 bits per heavy atom. The summed E-state index contributed by atoms with van der Waals surface area (Å²) in [6.45, 7) is 0. The van der Waals surface area contributed by atoms with Crippen molar-refractivity contribution in [3.63, 3.8) is 0 Å². The number of halogens is 3. The van der Waals surface area contributed by atoms with Crippen molar-refractivity contribution in [3.8, 4) is 0 Å². The summed E-state index contributed by atoms with van der Waals surface area (Å²) in [5.41, 5.74) is 0. The molecule has 0 fully saturated rings. The van der Waals surface area contributed by atoms with Gasteiger partial charge in [-0.1, -0.05) is 24.3 Å². The number of rotatable bonds is 0. The summed E-state index contributed by atoms with van der Waals surface area (Å²) < 4.78 is 0. The molecule has 4 heteroatoms. The van der Waals surface area contributed by atoms with Gasteiger partial charge in [0.2, 0.25) is 0 Å². The molecule has 9 heavy (non-hydrogen) atoms. The fourth-order valence-electron chi connectivity index (χ4n) is 0.393. The van der Waals surface area contributed by atoms with Crippen LogP contribution in [0.4, 0.5) is 0 Å². The molecule has 0 unspecified atom stereocenters. The van der Waals surface area contributed by atoms with Crippen LogP contribution < -0.4 is 37.2 Å². The molecule has 0 aromatic rings. The van der Waals surface area contributed by atoms with Crippen molar-refractivity contribution in [2.75, 3.05) is 0 Å². The summed E-state index contributed by atoms with van der Waals surface area (Å²) in [6.07, 6.45) is 9.50. The average Bonchev–Trinajstić information content (AvgIpc) is 1.76. The van der Waals surface area contributed by atoms with Gasteiger partial charge in [-0.2, -0.15) is 0 Å². The second-order valence-corrected chi connectivity index (χ2v) is 1.09. The molecule has 1 aliphatic carbocycles. The molecule has 0 aliphatic heterocycles. The molecule has 0 amide bonds. The Labute approximate surface area is 86.3 Å². The van der Waals surface area contributed by atoms with Crippen LogP contribution in [-0.4, -0.2) is 0 Å². The Bertz CT molecular complexity index is 70.3. The SMILES string of the molecule is C1=CCC=C1.[Cl-].[Cl-].[Cl-].[V]. The van der Waals surface area contributed by atoms with Crippen LogP contribution in [-0.2, 0) is 18.6 Å². The third-order valence-electron chi connectivity index (χ3n) is 0.655. The predicted molar refractivity (Wildman–Crippen MR) is 22.9 cm³/mol. The van der Waals surface area contributed by atoms with Gasteiger partial charge in [0.05, 0.1) is 0 Å². The first-order chi connectivity index (χ1) is 2.50. The fourth-order valence-corrected chi connectivity index (χ4v) is 0.393. The minimum Gasteiger partial charge on any atom is -1.00 e. The third kappa shape index (κ3) is 12.2. The van der Waals surface area contributed by atoms with E-state index in [1.165, 1.54) is 0 Å². The molecule has 0 heterocycles. The molecule has 0 spiro atoms. The van der Waals surface area contributed by atoms with Gasteiger partial charge in [-0.3, -0.25) is 0 Å². The van der Waals surface area contributed by atoms with Crippen molar-refractivity contribution in [2.24, 2.45) is 0 Å². The van der Waals surface area contributed by atoms with Crippen LogP contribution in [0.2, 0.25) is 0 Å². The van der Waals surface area contributed by atoms with E-state index in [0.29, 0.717) is 0 Å². The van der Waals surface area contributed by atoms with Crippen LogP contribution in [0.15, 0.2) is 24.3 Å². The Hall–Kier alpha value is 0.934. The van der Waals surface area contributed by atoms with Gasteiger partial charge in [0.15, 0.2) is 0 Å². The maximum Gasteiger partial charge on any atom is 0 e. The molecular formula is C5H6Cl3V-3. The van der Waals surface area contributed by atoms with Gasteiger partial charge in [0, 0.05) is 18.6 Å².